The van der Waals surface area contributed by atoms with E-state index < -0.39 is 17.8 Å². The topological polar surface area (TPSA) is 95.3 Å². The van der Waals surface area contributed by atoms with Crippen molar-refractivity contribution in [3.8, 4) is 29.1 Å². The molecule has 0 spiro atoms. The van der Waals surface area contributed by atoms with Gasteiger partial charge in [-0.15, -0.1) is 0 Å². The van der Waals surface area contributed by atoms with E-state index in [0.29, 0.717) is 29.4 Å². The molecule has 2 aromatic carbocycles. The Morgan fingerprint density at radius 3 is 2.49 bits per heavy atom. The fourth-order valence-electron chi connectivity index (χ4n) is 3.95. The molecule has 1 aliphatic rings. The zero-order valence-corrected chi connectivity index (χ0v) is 19.3. The molecule has 1 aliphatic heterocycles. The average Bonchev–Trinajstić information content (AvgIpc) is 3.19. The number of benzene rings is 2. The Bertz CT molecular complexity index is 1310. The molecule has 3 aromatic rings. The maximum absolute atomic E-state index is 14.2. The smallest absolute Gasteiger partial charge is 0.435 e. The summed E-state index contributed by atoms with van der Waals surface area (Å²) >= 11 is 0. The predicted molar refractivity (Wildman–Crippen MR) is 121 cm³/mol. The number of alkyl halides is 3. The maximum Gasteiger partial charge on any atom is 0.435 e. The van der Waals surface area contributed by atoms with Gasteiger partial charge in [0.2, 0.25) is 11.8 Å². The van der Waals surface area contributed by atoms with Gasteiger partial charge in [-0.1, -0.05) is 24.3 Å². The second-order valence-electron chi connectivity index (χ2n) is 8.04. The summed E-state index contributed by atoms with van der Waals surface area (Å²) in [5.74, 6) is -0.914. The van der Waals surface area contributed by atoms with Crippen LogP contribution in [0.25, 0.3) is 5.69 Å². The number of allylic oxidation sites excluding steroid dienone is 1. The minimum absolute atomic E-state index is 0.152. The van der Waals surface area contributed by atoms with Crippen molar-refractivity contribution in [2.24, 2.45) is 5.73 Å². The number of hydrogen-bond donors (Lipinski definition) is 1. The third kappa shape index (κ3) is 4.49. The standard InChI is InChI=1S/C25H23F3N4O3/c1-4-33-19-12-15(10-11-18(19)34-14(2)3)20-17(13-29)23(30)35-24-21(20)22(25(26,27)28)31-32(24)16-8-6-5-7-9-16/h5-12,14,20H,4,30H2,1-3H3/t20-/m0/s1. The van der Waals surface area contributed by atoms with E-state index in [1.54, 1.807) is 55.5 Å². The highest BCUT2D eigenvalue weighted by Crippen LogP contribution is 2.49. The molecule has 10 heteroatoms. The highest BCUT2D eigenvalue weighted by atomic mass is 19.4. The summed E-state index contributed by atoms with van der Waals surface area (Å²) in [5, 5.41) is 13.7. The molecule has 1 atom stereocenters. The first-order chi connectivity index (χ1) is 16.7. The molecule has 2 heterocycles. The maximum atomic E-state index is 14.2. The number of nitrogens with two attached hydrogens (primary N) is 1. The fourth-order valence-corrected chi connectivity index (χ4v) is 3.95. The van der Waals surface area contributed by atoms with Crippen molar-refractivity contribution in [2.45, 2.75) is 39.0 Å². The van der Waals surface area contributed by atoms with Crippen LogP contribution in [0.5, 0.6) is 17.4 Å². The second kappa shape index (κ2) is 9.25. The quantitative estimate of drug-likeness (QED) is 0.511. The van der Waals surface area contributed by atoms with Gasteiger partial charge in [0.15, 0.2) is 17.2 Å². The molecular formula is C25H23F3N4O3. The van der Waals surface area contributed by atoms with Crippen LogP contribution in [0, 0.1) is 11.3 Å². The minimum Gasteiger partial charge on any atom is -0.490 e. The molecular weight excluding hydrogens is 461 g/mol. The molecule has 0 saturated carbocycles. The number of para-hydroxylation sites is 1. The van der Waals surface area contributed by atoms with Crippen LogP contribution in [-0.2, 0) is 6.18 Å². The molecule has 0 amide bonds. The van der Waals surface area contributed by atoms with Crippen LogP contribution < -0.4 is 19.9 Å². The van der Waals surface area contributed by atoms with Gasteiger partial charge in [-0.25, -0.2) is 0 Å². The first kappa shape index (κ1) is 24.0. The van der Waals surface area contributed by atoms with Gasteiger partial charge in [-0.2, -0.15) is 28.2 Å². The third-order valence-corrected chi connectivity index (χ3v) is 5.28. The summed E-state index contributed by atoms with van der Waals surface area (Å²) in [6, 6.07) is 14.9. The lowest BCUT2D eigenvalue weighted by molar-refractivity contribution is -0.142. The van der Waals surface area contributed by atoms with E-state index in [1.807, 2.05) is 19.9 Å². The number of nitriles is 1. The van der Waals surface area contributed by atoms with Crippen LogP contribution >= 0.6 is 0 Å². The SMILES string of the molecule is CCOc1cc([C@H]2C(C#N)=C(N)Oc3c2c(C(F)(F)F)nn3-c2ccccc2)ccc1OC(C)C. The van der Waals surface area contributed by atoms with Crippen LogP contribution in [-0.4, -0.2) is 22.5 Å². The lowest BCUT2D eigenvalue weighted by Crippen LogP contribution is -2.23. The molecule has 0 unspecified atom stereocenters. The molecule has 0 fully saturated rings. The van der Waals surface area contributed by atoms with Crippen molar-refractivity contribution in [1.29, 1.82) is 5.26 Å². The van der Waals surface area contributed by atoms with Crippen molar-refractivity contribution in [2.75, 3.05) is 6.61 Å². The third-order valence-electron chi connectivity index (χ3n) is 5.28. The number of hydrogen-bond acceptors (Lipinski definition) is 6. The Kier molecular flexibility index (Phi) is 6.35. The number of rotatable bonds is 6. The summed E-state index contributed by atoms with van der Waals surface area (Å²) < 4.78 is 60.8. The van der Waals surface area contributed by atoms with Gasteiger partial charge in [0.1, 0.15) is 11.6 Å². The van der Waals surface area contributed by atoms with E-state index in [1.165, 1.54) is 0 Å². The molecule has 0 aliphatic carbocycles. The Hall–Kier alpha value is -4.13. The zero-order valence-electron chi connectivity index (χ0n) is 19.3. The van der Waals surface area contributed by atoms with Crippen LogP contribution in [0.4, 0.5) is 13.2 Å². The molecule has 1 aromatic heterocycles. The van der Waals surface area contributed by atoms with E-state index >= 15 is 0 Å². The van der Waals surface area contributed by atoms with Gasteiger partial charge in [0.25, 0.3) is 0 Å². The van der Waals surface area contributed by atoms with E-state index in [0.717, 1.165) is 4.68 Å². The monoisotopic (exact) mass is 484 g/mol. The average molecular weight is 484 g/mol. The number of halogens is 3. The molecule has 182 valence electrons. The van der Waals surface area contributed by atoms with Gasteiger partial charge in [-0.05, 0) is 50.6 Å². The van der Waals surface area contributed by atoms with Gasteiger partial charge in [0, 0.05) is 0 Å². The van der Waals surface area contributed by atoms with Gasteiger partial charge in [0.05, 0.1) is 29.9 Å². The van der Waals surface area contributed by atoms with E-state index in [2.05, 4.69) is 5.10 Å². The normalized spacial score (nSPS) is 15.4. The highest BCUT2D eigenvalue weighted by molar-refractivity contribution is 5.59. The summed E-state index contributed by atoms with van der Waals surface area (Å²) in [4.78, 5) is 0. The second-order valence-corrected chi connectivity index (χ2v) is 8.04. The van der Waals surface area contributed by atoms with Crippen molar-refractivity contribution in [3.63, 3.8) is 0 Å². The van der Waals surface area contributed by atoms with Gasteiger partial charge >= 0.3 is 6.18 Å². The Morgan fingerprint density at radius 2 is 1.89 bits per heavy atom. The molecule has 4 rings (SSSR count). The molecule has 35 heavy (non-hydrogen) atoms. The fraction of sp³-hybridized carbons (Fsp3) is 0.280. The number of ether oxygens (including phenoxy) is 3. The molecule has 0 bridgehead atoms. The van der Waals surface area contributed by atoms with Crippen LogP contribution in [0.15, 0.2) is 60.0 Å². The number of aromatic nitrogens is 2. The first-order valence-electron chi connectivity index (χ1n) is 10.9. The molecule has 0 saturated heterocycles. The van der Waals surface area contributed by atoms with E-state index in [4.69, 9.17) is 19.9 Å². The highest BCUT2D eigenvalue weighted by Gasteiger charge is 2.46. The summed E-state index contributed by atoms with van der Waals surface area (Å²) in [5.41, 5.74) is 5.13. The lowest BCUT2D eigenvalue weighted by Gasteiger charge is -2.26. The summed E-state index contributed by atoms with van der Waals surface area (Å²) in [6.45, 7) is 5.78. The Morgan fingerprint density at radius 1 is 1.17 bits per heavy atom. The van der Waals surface area contributed by atoms with Gasteiger partial charge < -0.3 is 19.9 Å². The lowest BCUT2D eigenvalue weighted by atomic mass is 9.83. The molecule has 2 N–H and O–H groups in total. The predicted octanol–water partition coefficient (Wildman–Crippen LogP) is 5.30. The Balaban J connectivity index is 1.98. The minimum atomic E-state index is -4.82. The van der Waals surface area contributed by atoms with Gasteiger partial charge in [-0.3, -0.25) is 0 Å². The van der Waals surface area contributed by atoms with Crippen LogP contribution in [0.2, 0.25) is 0 Å². The van der Waals surface area contributed by atoms with Crippen LogP contribution in [0.1, 0.15) is 43.5 Å². The van der Waals surface area contributed by atoms with Crippen LogP contribution in [0.3, 0.4) is 0 Å². The van der Waals surface area contributed by atoms with Crippen molar-refractivity contribution in [3.05, 3.63) is 76.8 Å². The summed E-state index contributed by atoms with van der Waals surface area (Å²) in [6.07, 6.45) is -4.97. The summed E-state index contributed by atoms with van der Waals surface area (Å²) in [7, 11) is 0. The number of fused-ring (bicyclic) bond motifs is 1. The van der Waals surface area contributed by atoms with E-state index in [-0.39, 0.29) is 29.0 Å². The van der Waals surface area contributed by atoms with Crippen molar-refractivity contribution in [1.82, 2.24) is 9.78 Å². The number of nitrogens with zero attached hydrogens (tertiary/aromatic N) is 3. The van der Waals surface area contributed by atoms with Crippen molar-refractivity contribution < 1.29 is 27.4 Å². The zero-order chi connectivity index (χ0) is 25.3. The molecule has 0 radical (unpaired) electrons. The first-order valence-corrected chi connectivity index (χ1v) is 10.9. The molecule has 7 nitrogen and oxygen atoms in total. The Labute approximate surface area is 200 Å². The van der Waals surface area contributed by atoms with E-state index in [9.17, 15) is 18.4 Å². The van der Waals surface area contributed by atoms with Crippen molar-refractivity contribution >= 4 is 0 Å². The largest absolute Gasteiger partial charge is 0.490 e.